The van der Waals surface area contributed by atoms with Gasteiger partial charge in [-0.05, 0) is 36.8 Å². The number of pyridine rings is 1. The molecule has 2 heterocycles. The summed E-state index contributed by atoms with van der Waals surface area (Å²) < 4.78 is 10.6. The lowest BCUT2D eigenvalue weighted by Gasteiger charge is -2.08. The van der Waals surface area contributed by atoms with Crippen molar-refractivity contribution >= 4 is 28.8 Å². The molecule has 27 heavy (non-hydrogen) atoms. The summed E-state index contributed by atoms with van der Waals surface area (Å²) in [7, 11) is 3.17. The van der Waals surface area contributed by atoms with Crippen molar-refractivity contribution < 1.29 is 14.3 Å². The van der Waals surface area contributed by atoms with E-state index in [1.807, 2.05) is 31.2 Å². The molecule has 140 valence electrons. The number of thiazole rings is 1. The molecule has 2 aromatic heterocycles. The maximum Gasteiger partial charge on any atom is 0.263 e. The molecule has 6 nitrogen and oxygen atoms in total. The minimum absolute atomic E-state index is 0.174. The lowest BCUT2D eigenvalue weighted by atomic mass is 10.2. The van der Waals surface area contributed by atoms with Crippen molar-refractivity contribution in [2.75, 3.05) is 14.2 Å². The van der Waals surface area contributed by atoms with Gasteiger partial charge >= 0.3 is 0 Å². The highest BCUT2D eigenvalue weighted by Crippen LogP contribution is 2.34. The quantitative estimate of drug-likeness (QED) is 0.627. The van der Waals surface area contributed by atoms with Crippen LogP contribution in [0.15, 0.2) is 36.5 Å². The first-order valence-electron chi connectivity index (χ1n) is 8.10. The van der Waals surface area contributed by atoms with Crippen LogP contribution in [0, 0.1) is 6.92 Å². The minimum atomic E-state index is -0.174. The largest absolute Gasteiger partial charge is 0.493 e. The lowest BCUT2D eigenvalue weighted by Crippen LogP contribution is -2.22. The molecule has 0 atom stereocenters. The first-order valence-corrected chi connectivity index (χ1v) is 9.29. The van der Waals surface area contributed by atoms with Crippen LogP contribution >= 0.6 is 22.9 Å². The van der Waals surface area contributed by atoms with Gasteiger partial charge in [0.1, 0.15) is 15.0 Å². The van der Waals surface area contributed by atoms with E-state index in [2.05, 4.69) is 15.3 Å². The summed E-state index contributed by atoms with van der Waals surface area (Å²) >= 11 is 7.11. The Morgan fingerprint density at radius 1 is 1.19 bits per heavy atom. The summed E-state index contributed by atoms with van der Waals surface area (Å²) in [5.41, 5.74) is 2.41. The third-order valence-electron chi connectivity index (χ3n) is 3.88. The number of aromatic nitrogens is 2. The number of rotatable bonds is 6. The highest BCUT2D eigenvalue weighted by Gasteiger charge is 2.17. The average molecular weight is 404 g/mol. The van der Waals surface area contributed by atoms with Gasteiger partial charge in [-0.2, -0.15) is 0 Å². The number of hydrogen-bond acceptors (Lipinski definition) is 6. The fourth-order valence-corrected chi connectivity index (χ4v) is 3.56. The average Bonchev–Trinajstić information content (AvgIpc) is 3.08. The SMILES string of the molecule is COc1ccc(-c2nc(C)c(C(=O)NCc3ccc(Cl)nc3)s2)cc1OC. The summed E-state index contributed by atoms with van der Waals surface area (Å²) in [6.07, 6.45) is 1.64. The van der Waals surface area contributed by atoms with E-state index >= 15 is 0 Å². The topological polar surface area (TPSA) is 73.3 Å². The number of nitrogens with one attached hydrogen (secondary N) is 1. The number of carbonyl (C=O) groups is 1. The zero-order valence-corrected chi connectivity index (χ0v) is 16.6. The zero-order chi connectivity index (χ0) is 19.4. The van der Waals surface area contributed by atoms with E-state index in [4.69, 9.17) is 21.1 Å². The number of nitrogens with zero attached hydrogens (tertiary/aromatic N) is 2. The van der Waals surface area contributed by atoms with Crippen LogP contribution in [-0.2, 0) is 6.54 Å². The number of amides is 1. The standard InChI is InChI=1S/C19H18ClN3O3S/c1-11-17(18(24)22-10-12-4-7-16(20)21-9-12)27-19(23-11)13-5-6-14(25-2)15(8-13)26-3/h4-9H,10H2,1-3H3,(H,22,24). The van der Waals surface area contributed by atoms with E-state index in [1.54, 1.807) is 26.5 Å². The summed E-state index contributed by atoms with van der Waals surface area (Å²) in [4.78, 5) is 21.6. The van der Waals surface area contributed by atoms with E-state index in [9.17, 15) is 4.79 Å². The normalized spacial score (nSPS) is 10.5. The number of methoxy groups -OCH3 is 2. The molecule has 0 aliphatic rings. The first kappa shape index (κ1) is 19.1. The zero-order valence-electron chi connectivity index (χ0n) is 15.1. The first-order chi connectivity index (χ1) is 13.0. The maximum atomic E-state index is 12.5. The molecule has 0 saturated heterocycles. The number of benzene rings is 1. The minimum Gasteiger partial charge on any atom is -0.493 e. The van der Waals surface area contributed by atoms with Gasteiger partial charge in [0.15, 0.2) is 11.5 Å². The fourth-order valence-electron chi connectivity index (χ4n) is 2.47. The van der Waals surface area contributed by atoms with Gasteiger partial charge in [0.05, 0.1) is 19.9 Å². The predicted molar refractivity (Wildman–Crippen MR) is 106 cm³/mol. The van der Waals surface area contributed by atoms with E-state index in [0.717, 1.165) is 16.1 Å². The van der Waals surface area contributed by atoms with Gasteiger partial charge in [0.25, 0.3) is 5.91 Å². The van der Waals surface area contributed by atoms with Crippen LogP contribution in [-0.4, -0.2) is 30.1 Å². The Morgan fingerprint density at radius 3 is 2.63 bits per heavy atom. The monoisotopic (exact) mass is 403 g/mol. The number of hydrogen-bond donors (Lipinski definition) is 1. The Balaban J connectivity index is 1.77. The van der Waals surface area contributed by atoms with Gasteiger partial charge in [-0.15, -0.1) is 11.3 Å². The van der Waals surface area contributed by atoms with Crippen LogP contribution in [0.5, 0.6) is 11.5 Å². The smallest absolute Gasteiger partial charge is 0.263 e. The van der Waals surface area contributed by atoms with E-state index in [0.29, 0.717) is 33.8 Å². The molecule has 0 aliphatic carbocycles. The molecule has 8 heteroatoms. The van der Waals surface area contributed by atoms with Crippen molar-refractivity contribution in [1.29, 1.82) is 0 Å². The van der Waals surface area contributed by atoms with Gasteiger partial charge in [0.2, 0.25) is 0 Å². The van der Waals surface area contributed by atoms with E-state index in [1.165, 1.54) is 11.3 Å². The molecule has 0 spiro atoms. The summed E-state index contributed by atoms with van der Waals surface area (Å²) in [5.74, 6) is 1.08. The number of carbonyl (C=O) groups excluding carboxylic acids is 1. The van der Waals surface area contributed by atoms with Crippen molar-refractivity contribution in [3.8, 4) is 22.1 Å². The Morgan fingerprint density at radius 2 is 1.96 bits per heavy atom. The van der Waals surface area contributed by atoms with Crippen LogP contribution in [0.4, 0.5) is 0 Å². The van der Waals surface area contributed by atoms with Crippen LogP contribution in [0.3, 0.4) is 0 Å². The second-order valence-electron chi connectivity index (χ2n) is 5.68. The van der Waals surface area contributed by atoms with Gasteiger partial charge in [-0.1, -0.05) is 17.7 Å². The molecule has 0 fully saturated rings. The summed E-state index contributed by atoms with van der Waals surface area (Å²) in [6, 6.07) is 9.07. The highest BCUT2D eigenvalue weighted by atomic mass is 35.5. The molecule has 1 aromatic carbocycles. The van der Waals surface area contributed by atoms with E-state index in [-0.39, 0.29) is 5.91 Å². The molecule has 0 unspecified atom stereocenters. The molecule has 1 amide bonds. The highest BCUT2D eigenvalue weighted by molar-refractivity contribution is 7.17. The van der Waals surface area contributed by atoms with Gasteiger partial charge < -0.3 is 14.8 Å². The number of ether oxygens (including phenoxy) is 2. The second-order valence-corrected chi connectivity index (χ2v) is 7.06. The molecule has 1 N–H and O–H groups in total. The van der Waals surface area contributed by atoms with Crippen molar-refractivity contribution in [1.82, 2.24) is 15.3 Å². The van der Waals surface area contributed by atoms with Crippen molar-refractivity contribution in [2.24, 2.45) is 0 Å². The maximum absolute atomic E-state index is 12.5. The van der Waals surface area contributed by atoms with Crippen LogP contribution in [0.1, 0.15) is 20.9 Å². The molecular formula is C19H18ClN3O3S. The molecular weight excluding hydrogens is 386 g/mol. The van der Waals surface area contributed by atoms with Crippen LogP contribution < -0.4 is 14.8 Å². The Labute approximate surface area is 166 Å². The Hall–Kier alpha value is -2.64. The van der Waals surface area contributed by atoms with Crippen molar-refractivity contribution in [2.45, 2.75) is 13.5 Å². The lowest BCUT2D eigenvalue weighted by molar-refractivity contribution is 0.0954. The molecule has 0 radical (unpaired) electrons. The van der Waals surface area contributed by atoms with Crippen LogP contribution in [0.2, 0.25) is 5.15 Å². The number of aryl methyl sites for hydroxylation is 1. The third-order valence-corrected chi connectivity index (χ3v) is 5.30. The Kier molecular flexibility index (Phi) is 5.93. The van der Waals surface area contributed by atoms with Crippen LogP contribution in [0.25, 0.3) is 10.6 Å². The second kappa shape index (κ2) is 8.37. The van der Waals surface area contributed by atoms with Gasteiger partial charge in [-0.25, -0.2) is 9.97 Å². The van der Waals surface area contributed by atoms with Crippen molar-refractivity contribution in [3.63, 3.8) is 0 Å². The van der Waals surface area contributed by atoms with E-state index < -0.39 is 0 Å². The predicted octanol–water partition coefficient (Wildman–Crippen LogP) is 4.11. The number of halogens is 1. The van der Waals surface area contributed by atoms with Crippen molar-refractivity contribution in [3.05, 3.63) is 57.8 Å². The Bertz CT molecular complexity index is 957. The molecule has 3 aromatic rings. The summed E-state index contributed by atoms with van der Waals surface area (Å²) in [5, 5.41) is 4.05. The third kappa shape index (κ3) is 4.37. The molecule has 0 saturated carbocycles. The molecule has 0 bridgehead atoms. The molecule has 0 aliphatic heterocycles. The molecule has 3 rings (SSSR count). The fraction of sp³-hybridized carbons (Fsp3) is 0.211. The summed E-state index contributed by atoms with van der Waals surface area (Å²) in [6.45, 7) is 2.19. The van der Waals surface area contributed by atoms with Gasteiger partial charge in [0, 0.05) is 18.3 Å². The van der Waals surface area contributed by atoms with Gasteiger partial charge in [-0.3, -0.25) is 4.79 Å².